The first-order chi connectivity index (χ1) is 10.1. The van der Waals surface area contributed by atoms with Crippen molar-refractivity contribution in [3.63, 3.8) is 0 Å². The molecule has 3 nitrogen and oxygen atoms in total. The number of nitrogens with one attached hydrogen (secondary N) is 1. The Balaban J connectivity index is 1.81. The van der Waals surface area contributed by atoms with Crippen LogP contribution >= 0.6 is 15.9 Å². The van der Waals surface area contributed by atoms with Crippen LogP contribution in [-0.4, -0.2) is 20.1 Å². The number of nitrogens with two attached hydrogens (primary N) is 1. The van der Waals surface area contributed by atoms with E-state index in [9.17, 15) is 4.39 Å². The van der Waals surface area contributed by atoms with Crippen molar-refractivity contribution < 1.29 is 4.39 Å². The van der Waals surface area contributed by atoms with Crippen LogP contribution in [0.4, 0.5) is 21.5 Å². The first kappa shape index (κ1) is 15.6. The Bertz CT molecular complexity index is 590. The average Bonchev–Trinajstić information content (AvgIpc) is 2.49. The predicted molar refractivity (Wildman–Crippen MR) is 91.3 cm³/mol. The van der Waals surface area contributed by atoms with Crippen LogP contribution in [0.25, 0.3) is 0 Å². The minimum atomic E-state index is -0.312. The zero-order chi connectivity index (χ0) is 15.2. The van der Waals surface area contributed by atoms with Gasteiger partial charge >= 0.3 is 0 Å². The second kappa shape index (κ2) is 7.31. The quantitative estimate of drug-likeness (QED) is 0.607. The lowest BCUT2D eigenvalue weighted by Gasteiger charge is -2.19. The summed E-state index contributed by atoms with van der Waals surface area (Å²) in [6, 6.07) is 13.2. The molecule has 2 aromatic carbocycles. The molecule has 2 aromatic rings. The summed E-state index contributed by atoms with van der Waals surface area (Å²) >= 11 is 3.12. The Morgan fingerprint density at radius 3 is 2.67 bits per heavy atom. The summed E-state index contributed by atoms with van der Waals surface area (Å²) in [7, 11) is 2.06. The normalized spacial score (nSPS) is 10.4. The van der Waals surface area contributed by atoms with Gasteiger partial charge in [0.05, 0.1) is 15.8 Å². The molecule has 0 heterocycles. The van der Waals surface area contributed by atoms with Crippen LogP contribution in [0.2, 0.25) is 0 Å². The number of halogens is 2. The summed E-state index contributed by atoms with van der Waals surface area (Å²) in [5.74, 6) is -0.312. The third kappa shape index (κ3) is 4.36. The number of nitrogens with zero attached hydrogens (tertiary/aromatic N) is 1. The fourth-order valence-electron chi connectivity index (χ4n) is 2.07. The third-order valence-corrected chi connectivity index (χ3v) is 3.88. The predicted octanol–water partition coefficient (Wildman–Crippen LogP) is 4.11. The molecular weight excluding hydrogens is 333 g/mol. The zero-order valence-corrected chi connectivity index (χ0v) is 13.5. The van der Waals surface area contributed by atoms with Crippen LogP contribution in [-0.2, 0) is 0 Å². The summed E-state index contributed by atoms with van der Waals surface area (Å²) in [5.41, 5.74) is 8.22. The minimum Gasteiger partial charge on any atom is -0.397 e. The monoisotopic (exact) mass is 351 g/mol. The van der Waals surface area contributed by atoms with E-state index in [4.69, 9.17) is 5.73 Å². The van der Waals surface area contributed by atoms with E-state index >= 15 is 0 Å². The van der Waals surface area contributed by atoms with Gasteiger partial charge in [0.1, 0.15) is 5.82 Å². The number of para-hydroxylation sites is 1. The SMILES string of the molecule is CN(CCCNc1cc(F)c(Br)cc1N)c1ccccc1. The molecule has 0 aliphatic heterocycles. The molecule has 0 saturated heterocycles. The van der Waals surface area contributed by atoms with E-state index in [2.05, 4.69) is 45.3 Å². The largest absolute Gasteiger partial charge is 0.397 e. The van der Waals surface area contributed by atoms with Crippen LogP contribution in [0, 0.1) is 5.82 Å². The Kier molecular flexibility index (Phi) is 5.44. The van der Waals surface area contributed by atoms with Gasteiger partial charge < -0.3 is 16.0 Å². The molecule has 0 aromatic heterocycles. The molecule has 0 spiro atoms. The Morgan fingerprint density at radius 1 is 1.24 bits per heavy atom. The summed E-state index contributed by atoms with van der Waals surface area (Å²) in [6.45, 7) is 1.65. The molecule has 0 saturated carbocycles. The number of hydrogen-bond donors (Lipinski definition) is 2. The van der Waals surface area contributed by atoms with Gasteiger partial charge in [0.2, 0.25) is 0 Å². The molecule has 21 heavy (non-hydrogen) atoms. The summed E-state index contributed by atoms with van der Waals surface area (Å²) < 4.78 is 13.9. The summed E-state index contributed by atoms with van der Waals surface area (Å²) in [4.78, 5) is 2.19. The second-order valence-electron chi connectivity index (χ2n) is 4.89. The highest BCUT2D eigenvalue weighted by Gasteiger charge is 2.05. The number of benzene rings is 2. The topological polar surface area (TPSA) is 41.3 Å². The molecular formula is C16H19BrFN3. The molecule has 0 atom stereocenters. The number of hydrogen-bond acceptors (Lipinski definition) is 3. The summed E-state index contributed by atoms with van der Waals surface area (Å²) in [5, 5.41) is 3.18. The van der Waals surface area contributed by atoms with Gasteiger partial charge in [0.15, 0.2) is 0 Å². The number of anilines is 3. The standard InChI is InChI=1S/C16H19BrFN3/c1-21(12-6-3-2-4-7-12)9-5-8-20-16-11-14(18)13(17)10-15(16)19/h2-4,6-7,10-11,20H,5,8-9,19H2,1H3. The number of nitrogen functional groups attached to an aromatic ring is 1. The van der Waals surface area contributed by atoms with Crippen LogP contribution in [0.1, 0.15) is 6.42 Å². The van der Waals surface area contributed by atoms with Gasteiger partial charge in [-0.15, -0.1) is 0 Å². The van der Waals surface area contributed by atoms with Crippen molar-refractivity contribution in [2.24, 2.45) is 0 Å². The lowest BCUT2D eigenvalue weighted by Crippen LogP contribution is -2.20. The maximum Gasteiger partial charge on any atom is 0.139 e. The second-order valence-corrected chi connectivity index (χ2v) is 5.75. The third-order valence-electron chi connectivity index (χ3n) is 3.28. The van der Waals surface area contributed by atoms with Gasteiger partial charge in [0, 0.05) is 31.9 Å². The van der Waals surface area contributed by atoms with Gasteiger partial charge in [-0.1, -0.05) is 18.2 Å². The van der Waals surface area contributed by atoms with Crippen LogP contribution in [0.15, 0.2) is 46.9 Å². The van der Waals surface area contributed by atoms with Gasteiger partial charge in [-0.2, -0.15) is 0 Å². The molecule has 0 aliphatic carbocycles. The molecule has 3 N–H and O–H groups in total. The molecule has 0 fully saturated rings. The molecule has 0 radical (unpaired) electrons. The van der Waals surface area contributed by atoms with Crippen molar-refractivity contribution in [3.05, 3.63) is 52.8 Å². The van der Waals surface area contributed by atoms with Crippen LogP contribution in [0.3, 0.4) is 0 Å². The van der Waals surface area contributed by atoms with Crippen LogP contribution < -0.4 is 16.0 Å². The van der Waals surface area contributed by atoms with E-state index in [1.165, 1.54) is 11.8 Å². The minimum absolute atomic E-state index is 0.312. The van der Waals surface area contributed by atoms with E-state index in [0.717, 1.165) is 19.5 Å². The molecule has 2 rings (SSSR count). The lowest BCUT2D eigenvalue weighted by molar-refractivity contribution is 0.621. The maximum absolute atomic E-state index is 13.5. The highest BCUT2D eigenvalue weighted by Crippen LogP contribution is 2.26. The molecule has 0 aliphatic rings. The fraction of sp³-hybridized carbons (Fsp3) is 0.250. The molecule has 5 heteroatoms. The van der Waals surface area contributed by atoms with Gasteiger partial charge in [-0.25, -0.2) is 4.39 Å². The fourth-order valence-corrected chi connectivity index (χ4v) is 2.43. The van der Waals surface area contributed by atoms with E-state index < -0.39 is 0 Å². The zero-order valence-electron chi connectivity index (χ0n) is 11.9. The van der Waals surface area contributed by atoms with E-state index in [1.54, 1.807) is 6.07 Å². The van der Waals surface area contributed by atoms with Crippen LogP contribution in [0.5, 0.6) is 0 Å². The van der Waals surface area contributed by atoms with Crippen molar-refractivity contribution in [1.29, 1.82) is 0 Å². The van der Waals surface area contributed by atoms with E-state index in [-0.39, 0.29) is 5.82 Å². The number of rotatable bonds is 6. The Hall–Kier alpha value is -1.75. The Morgan fingerprint density at radius 2 is 1.95 bits per heavy atom. The van der Waals surface area contributed by atoms with Crippen molar-refractivity contribution in [1.82, 2.24) is 0 Å². The Labute approximate surface area is 133 Å². The maximum atomic E-state index is 13.5. The highest BCUT2D eigenvalue weighted by molar-refractivity contribution is 9.10. The highest BCUT2D eigenvalue weighted by atomic mass is 79.9. The summed E-state index contributed by atoms with van der Waals surface area (Å²) in [6.07, 6.45) is 0.933. The molecule has 112 valence electrons. The van der Waals surface area contributed by atoms with Gasteiger partial charge in [0.25, 0.3) is 0 Å². The molecule has 0 bridgehead atoms. The molecule has 0 unspecified atom stereocenters. The smallest absolute Gasteiger partial charge is 0.139 e. The van der Waals surface area contributed by atoms with Crippen molar-refractivity contribution in [3.8, 4) is 0 Å². The first-order valence-electron chi connectivity index (χ1n) is 6.82. The average molecular weight is 352 g/mol. The van der Waals surface area contributed by atoms with Gasteiger partial charge in [-0.05, 0) is 40.5 Å². The lowest BCUT2D eigenvalue weighted by atomic mass is 10.2. The van der Waals surface area contributed by atoms with Crippen molar-refractivity contribution in [2.45, 2.75) is 6.42 Å². The van der Waals surface area contributed by atoms with E-state index in [1.807, 2.05) is 18.2 Å². The van der Waals surface area contributed by atoms with Gasteiger partial charge in [-0.3, -0.25) is 0 Å². The van der Waals surface area contributed by atoms with Crippen molar-refractivity contribution in [2.75, 3.05) is 36.1 Å². The first-order valence-corrected chi connectivity index (χ1v) is 7.62. The van der Waals surface area contributed by atoms with Crippen molar-refractivity contribution >= 4 is 33.0 Å². The van der Waals surface area contributed by atoms with E-state index in [0.29, 0.717) is 15.8 Å². The molecule has 0 amide bonds.